The van der Waals surface area contributed by atoms with E-state index in [1.807, 2.05) is 0 Å². The van der Waals surface area contributed by atoms with Crippen molar-refractivity contribution in [3.05, 3.63) is 63.6 Å². The van der Waals surface area contributed by atoms with Crippen molar-refractivity contribution in [2.45, 2.75) is 26.2 Å². The molecule has 2 aromatic carbocycles. The Morgan fingerprint density at radius 1 is 1.14 bits per heavy atom. The molecule has 0 saturated heterocycles. The fourth-order valence-electron chi connectivity index (χ4n) is 2.64. The van der Waals surface area contributed by atoms with Crippen molar-refractivity contribution >= 4 is 40.8 Å². The lowest BCUT2D eigenvalue weighted by Crippen LogP contribution is -2.23. The smallest absolute Gasteiger partial charge is 0.309 e. The molecule has 0 fully saturated rings. The number of nitrogens with one attached hydrogen (secondary N) is 1. The van der Waals surface area contributed by atoms with Gasteiger partial charge in [0.15, 0.2) is 0 Å². The molecule has 4 nitrogen and oxygen atoms in total. The summed E-state index contributed by atoms with van der Waals surface area (Å²) >= 11 is 12.0. The number of esters is 1. The summed E-state index contributed by atoms with van der Waals surface area (Å²) in [6.07, 6.45) is 0.0719. The van der Waals surface area contributed by atoms with Crippen LogP contribution in [-0.4, -0.2) is 18.5 Å². The van der Waals surface area contributed by atoms with E-state index in [2.05, 4.69) is 5.32 Å². The van der Waals surface area contributed by atoms with Crippen molar-refractivity contribution in [3.8, 4) is 0 Å². The average Bonchev–Trinajstić information content (AvgIpc) is 2.63. The van der Waals surface area contributed by atoms with Crippen molar-refractivity contribution < 1.29 is 23.1 Å². The first-order valence-electron chi connectivity index (χ1n) is 8.66. The Morgan fingerprint density at radius 3 is 2.43 bits per heavy atom. The predicted molar refractivity (Wildman–Crippen MR) is 105 cm³/mol. The zero-order chi connectivity index (χ0) is 20.7. The van der Waals surface area contributed by atoms with Gasteiger partial charge in [-0.2, -0.15) is 0 Å². The van der Waals surface area contributed by atoms with Crippen LogP contribution in [0, 0.1) is 17.6 Å². The summed E-state index contributed by atoms with van der Waals surface area (Å²) < 4.78 is 32.0. The highest BCUT2D eigenvalue weighted by molar-refractivity contribution is 6.39. The molecular weight excluding hydrogens is 411 g/mol. The van der Waals surface area contributed by atoms with Crippen LogP contribution in [0.3, 0.4) is 0 Å². The van der Waals surface area contributed by atoms with Gasteiger partial charge in [-0.05, 0) is 43.5 Å². The number of carbonyl (C=O) groups excluding carboxylic acids is 2. The molecule has 0 heterocycles. The normalized spacial score (nSPS) is 11.8. The molecule has 1 amide bonds. The lowest BCUT2D eigenvalue weighted by atomic mass is 9.94. The topological polar surface area (TPSA) is 55.4 Å². The first-order chi connectivity index (χ1) is 13.3. The van der Waals surface area contributed by atoms with Gasteiger partial charge in [-0.3, -0.25) is 9.59 Å². The molecule has 1 atom stereocenters. The zero-order valence-electron chi connectivity index (χ0n) is 15.1. The second-order valence-electron chi connectivity index (χ2n) is 6.07. The van der Waals surface area contributed by atoms with Crippen LogP contribution in [-0.2, 0) is 20.7 Å². The second-order valence-corrected chi connectivity index (χ2v) is 6.89. The van der Waals surface area contributed by atoms with E-state index in [0.29, 0.717) is 0 Å². The van der Waals surface area contributed by atoms with Gasteiger partial charge in [0.05, 0.1) is 28.3 Å². The standard InChI is InChI=1S/C20H19Cl2F2NO3/c1-2-28-20(27)13(10-12-6-8-14(23)11-17(12)24)7-9-18(26)25-19-15(21)4-3-5-16(19)22/h3-6,8,11,13H,2,7,9-10H2,1H3,(H,25,26). The van der Waals surface area contributed by atoms with E-state index in [-0.39, 0.29) is 47.2 Å². The third-order valence-electron chi connectivity index (χ3n) is 4.05. The van der Waals surface area contributed by atoms with Crippen molar-refractivity contribution in [2.75, 3.05) is 11.9 Å². The Hall–Kier alpha value is -2.18. The van der Waals surface area contributed by atoms with Crippen molar-refractivity contribution in [2.24, 2.45) is 5.92 Å². The van der Waals surface area contributed by atoms with E-state index >= 15 is 0 Å². The number of amides is 1. The minimum atomic E-state index is -0.757. The van der Waals surface area contributed by atoms with E-state index in [1.165, 1.54) is 6.07 Å². The molecule has 2 aromatic rings. The average molecular weight is 430 g/mol. The van der Waals surface area contributed by atoms with E-state index < -0.39 is 29.4 Å². The number of ether oxygens (including phenoxy) is 1. The highest BCUT2D eigenvalue weighted by Gasteiger charge is 2.23. The SMILES string of the molecule is CCOC(=O)C(CCC(=O)Nc1c(Cl)cccc1Cl)Cc1ccc(F)cc1F. The Bertz CT molecular complexity index is 841. The highest BCUT2D eigenvalue weighted by atomic mass is 35.5. The van der Waals surface area contributed by atoms with Crippen LogP contribution in [0.1, 0.15) is 25.3 Å². The number of carbonyl (C=O) groups is 2. The Kier molecular flexibility index (Phi) is 8.20. The predicted octanol–water partition coefficient (Wildman–Crippen LogP) is 5.41. The van der Waals surface area contributed by atoms with E-state index in [1.54, 1.807) is 25.1 Å². The molecule has 150 valence electrons. The molecule has 0 bridgehead atoms. The summed E-state index contributed by atoms with van der Waals surface area (Å²) in [7, 11) is 0. The number of para-hydroxylation sites is 1. The van der Waals surface area contributed by atoms with Gasteiger partial charge < -0.3 is 10.1 Å². The van der Waals surface area contributed by atoms with Crippen LogP contribution in [0.2, 0.25) is 10.0 Å². The largest absolute Gasteiger partial charge is 0.466 e. The molecule has 1 unspecified atom stereocenters. The molecule has 0 aromatic heterocycles. The van der Waals surface area contributed by atoms with Gasteiger partial charge in [-0.25, -0.2) is 8.78 Å². The van der Waals surface area contributed by atoms with Gasteiger partial charge >= 0.3 is 5.97 Å². The van der Waals surface area contributed by atoms with Gasteiger partial charge in [-0.15, -0.1) is 0 Å². The van der Waals surface area contributed by atoms with Crippen molar-refractivity contribution in [3.63, 3.8) is 0 Å². The van der Waals surface area contributed by atoms with E-state index in [9.17, 15) is 18.4 Å². The first-order valence-corrected chi connectivity index (χ1v) is 9.41. The number of hydrogen-bond acceptors (Lipinski definition) is 3. The lowest BCUT2D eigenvalue weighted by Gasteiger charge is -2.16. The summed E-state index contributed by atoms with van der Waals surface area (Å²) in [6, 6.07) is 7.97. The monoisotopic (exact) mass is 429 g/mol. The minimum absolute atomic E-state index is 0.00885. The van der Waals surface area contributed by atoms with E-state index in [4.69, 9.17) is 27.9 Å². The highest BCUT2D eigenvalue weighted by Crippen LogP contribution is 2.30. The summed E-state index contributed by atoms with van der Waals surface area (Å²) in [6.45, 7) is 1.81. The minimum Gasteiger partial charge on any atom is -0.466 e. The van der Waals surface area contributed by atoms with Crippen LogP contribution in [0.15, 0.2) is 36.4 Å². The molecule has 0 saturated carbocycles. The fraction of sp³-hybridized carbons (Fsp3) is 0.300. The molecule has 0 spiro atoms. The summed E-state index contributed by atoms with van der Waals surface area (Å²) in [5, 5.41) is 3.19. The van der Waals surface area contributed by atoms with E-state index in [0.717, 1.165) is 12.1 Å². The van der Waals surface area contributed by atoms with Crippen LogP contribution < -0.4 is 5.32 Å². The van der Waals surface area contributed by atoms with Gasteiger partial charge in [-0.1, -0.05) is 35.3 Å². The maximum Gasteiger partial charge on any atom is 0.309 e. The van der Waals surface area contributed by atoms with Crippen molar-refractivity contribution in [1.29, 1.82) is 0 Å². The summed E-state index contributed by atoms with van der Waals surface area (Å²) in [5.41, 5.74) is 0.460. The molecule has 8 heteroatoms. The van der Waals surface area contributed by atoms with Gasteiger partial charge in [0, 0.05) is 12.5 Å². The summed E-state index contributed by atoms with van der Waals surface area (Å²) in [5.74, 6) is -3.16. The first kappa shape index (κ1) is 22.1. The van der Waals surface area contributed by atoms with Crippen molar-refractivity contribution in [1.82, 2.24) is 0 Å². The fourth-order valence-corrected chi connectivity index (χ4v) is 3.13. The number of anilines is 1. The molecular formula is C20H19Cl2F2NO3. The van der Waals surface area contributed by atoms with Gasteiger partial charge in [0.1, 0.15) is 11.6 Å². The third-order valence-corrected chi connectivity index (χ3v) is 4.68. The maximum atomic E-state index is 13.9. The molecule has 2 rings (SSSR count). The number of rotatable bonds is 8. The molecule has 0 radical (unpaired) electrons. The molecule has 28 heavy (non-hydrogen) atoms. The van der Waals surface area contributed by atoms with Gasteiger partial charge in [0.25, 0.3) is 0 Å². The summed E-state index contributed by atoms with van der Waals surface area (Å²) in [4.78, 5) is 24.5. The van der Waals surface area contributed by atoms with Crippen LogP contribution in [0.25, 0.3) is 0 Å². The molecule has 1 N–H and O–H groups in total. The number of benzene rings is 2. The molecule has 0 aliphatic rings. The Labute approximate surface area is 171 Å². The number of hydrogen-bond donors (Lipinski definition) is 1. The van der Waals surface area contributed by atoms with Crippen LogP contribution >= 0.6 is 23.2 Å². The quantitative estimate of drug-likeness (QED) is 0.570. The second kappa shape index (κ2) is 10.4. The Morgan fingerprint density at radius 2 is 1.82 bits per heavy atom. The molecule has 0 aliphatic heterocycles. The van der Waals surface area contributed by atoms with Crippen LogP contribution in [0.4, 0.5) is 14.5 Å². The zero-order valence-corrected chi connectivity index (χ0v) is 16.6. The lowest BCUT2D eigenvalue weighted by molar-refractivity contribution is -0.148. The third kappa shape index (κ3) is 6.17. The van der Waals surface area contributed by atoms with Gasteiger partial charge in [0.2, 0.25) is 5.91 Å². The maximum absolute atomic E-state index is 13.9. The van der Waals surface area contributed by atoms with Crippen LogP contribution in [0.5, 0.6) is 0 Å². The Balaban J connectivity index is 2.06. The number of halogens is 4. The molecule has 0 aliphatic carbocycles.